The van der Waals surface area contributed by atoms with Crippen molar-refractivity contribution >= 4 is 28.3 Å². The zero-order valence-electron chi connectivity index (χ0n) is 15.4. The van der Waals surface area contributed by atoms with Crippen LogP contribution in [0.4, 0.5) is 9.52 Å². The van der Waals surface area contributed by atoms with Crippen LogP contribution in [-0.4, -0.2) is 38.0 Å². The Hall–Kier alpha value is -3.07. The minimum atomic E-state index is -0.316. The Morgan fingerprint density at radius 2 is 2.00 bits per heavy atom. The van der Waals surface area contributed by atoms with Crippen LogP contribution in [0.15, 0.2) is 30.3 Å². The van der Waals surface area contributed by atoms with Gasteiger partial charge in [0, 0.05) is 37.4 Å². The number of hydrogen-bond donors (Lipinski definition) is 1. The number of aryl methyl sites for hydroxylation is 1. The number of carbonyl (C=O) groups is 2. The SMILES string of the molecule is CC(=O)Nc1nc2c(s1)CN(C(=O)c1cc(-c3ccc(F)cc3)nn1C)CC2. The number of aromatic nitrogens is 3. The fraction of sp³-hybridized carbons (Fsp3) is 0.263. The number of nitrogens with zero attached hydrogens (tertiary/aromatic N) is 4. The van der Waals surface area contributed by atoms with Gasteiger partial charge in [0.05, 0.1) is 17.9 Å². The van der Waals surface area contributed by atoms with E-state index in [1.807, 2.05) is 0 Å². The lowest BCUT2D eigenvalue weighted by Gasteiger charge is -2.25. The van der Waals surface area contributed by atoms with Gasteiger partial charge in [0.25, 0.3) is 5.91 Å². The summed E-state index contributed by atoms with van der Waals surface area (Å²) in [6.45, 7) is 2.44. The second-order valence-electron chi connectivity index (χ2n) is 6.59. The van der Waals surface area contributed by atoms with Crippen LogP contribution in [0.1, 0.15) is 28.0 Å². The standard InChI is InChI=1S/C19H18FN5O2S/c1-11(26)21-19-22-14-7-8-25(10-17(14)28-19)18(27)16-9-15(23-24(16)2)12-3-5-13(20)6-4-12/h3-6,9H,7-8,10H2,1-2H3,(H,21,22,26). The highest BCUT2D eigenvalue weighted by molar-refractivity contribution is 7.15. The van der Waals surface area contributed by atoms with Gasteiger partial charge in [-0.15, -0.1) is 0 Å². The first-order chi connectivity index (χ1) is 13.4. The van der Waals surface area contributed by atoms with Crippen LogP contribution in [-0.2, 0) is 24.8 Å². The molecule has 28 heavy (non-hydrogen) atoms. The number of halogens is 1. The summed E-state index contributed by atoms with van der Waals surface area (Å²) in [5.41, 5.74) is 2.76. The Bertz CT molecular complexity index is 1060. The Labute approximate surface area is 164 Å². The van der Waals surface area contributed by atoms with Gasteiger partial charge in [0.1, 0.15) is 11.5 Å². The quantitative estimate of drug-likeness (QED) is 0.734. The molecule has 3 heterocycles. The van der Waals surface area contributed by atoms with Crippen molar-refractivity contribution in [3.63, 3.8) is 0 Å². The summed E-state index contributed by atoms with van der Waals surface area (Å²) < 4.78 is 14.7. The fourth-order valence-corrected chi connectivity index (χ4v) is 4.23. The lowest BCUT2D eigenvalue weighted by atomic mass is 10.1. The normalized spacial score (nSPS) is 13.3. The van der Waals surface area contributed by atoms with Crippen molar-refractivity contribution in [1.29, 1.82) is 0 Å². The smallest absolute Gasteiger partial charge is 0.272 e. The second-order valence-corrected chi connectivity index (χ2v) is 7.68. The molecule has 0 atom stereocenters. The lowest BCUT2D eigenvalue weighted by Crippen LogP contribution is -2.36. The van der Waals surface area contributed by atoms with E-state index >= 15 is 0 Å². The maximum atomic E-state index is 13.1. The Morgan fingerprint density at radius 1 is 1.25 bits per heavy atom. The second kappa shape index (κ2) is 7.16. The highest BCUT2D eigenvalue weighted by Gasteiger charge is 2.27. The Kier molecular flexibility index (Phi) is 4.68. The van der Waals surface area contributed by atoms with Gasteiger partial charge in [0.15, 0.2) is 5.13 Å². The molecule has 1 N–H and O–H groups in total. The number of anilines is 1. The molecule has 144 valence electrons. The molecule has 4 rings (SSSR count). The first kappa shape index (κ1) is 18.3. The van der Waals surface area contributed by atoms with E-state index < -0.39 is 0 Å². The minimum Gasteiger partial charge on any atom is -0.332 e. The number of rotatable bonds is 3. The molecule has 1 aromatic carbocycles. The zero-order valence-corrected chi connectivity index (χ0v) is 16.2. The van der Waals surface area contributed by atoms with E-state index in [-0.39, 0.29) is 17.6 Å². The third kappa shape index (κ3) is 3.53. The van der Waals surface area contributed by atoms with Gasteiger partial charge in [-0.25, -0.2) is 9.37 Å². The number of fused-ring (bicyclic) bond motifs is 1. The van der Waals surface area contributed by atoms with Crippen molar-refractivity contribution in [3.8, 4) is 11.3 Å². The van der Waals surface area contributed by atoms with Gasteiger partial charge in [-0.3, -0.25) is 14.3 Å². The van der Waals surface area contributed by atoms with Crippen LogP contribution in [0.2, 0.25) is 0 Å². The molecular weight excluding hydrogens is 381 g/mol. The van der Waals surface area contributed by atoms with Crippen molar-refractivity contribution in [2.24, 2.45) is 7.05 Å². The summed E-state index contributed by atoms with van der Waals surface area (Å²) in [4.78, 5) is 31.4. The van der Waals surface area contributed by atoms with Gasteiger partial charge >= 0.3 is 0 Å². The number of amides is 2. The van der Waals surface area contributed by atoms with Crippen molar-refractivity contribution in [2.75, 3.05) is 11.9 Å². The van der Waals surface area contributed by atoms with Crippen molar-refractivity contribution in [3.05, 3.63) is 52.4 Å². The molecule has 3 aromatic rings. The number of nitrogens with one attached hydrogen (secondary N) is 1. The monoisotopic (exact) mass is 399 g/mol. The molecule has 1 aliphatic heterocycles. The number of thiazole rings is 1. The molecule has 0 fully saturated rings. The largest absolute Gasteiger partial charge is 0.332 e. The van der Waals surface area contributed by atoms with E-state index in [2.05, 4.69) is 15.4 Å². The molecular formula is C19H18FN5O2S. The lowest BCUT2D eigenvalue weighted by molar-refractivity contribution is -0.114. The number of hydrogen-bond acceptors (Lipinski definition) is 5. The summed E-state index contributed by atoms with van der Waals surface area (Å²) in [5, 5.41) is 7.65. The molecule has 1 aliphatic rings. The highest BCUT2D eigenvalue weighted by atomic mass is 32.1. The van der Waals surface area contributed by atoms with E-state index in [9.17, 15) is 14.0 Å². The maximum Gasteiger partial charge on any atom is 0.272 e. The van der Waals surface area contributed by atoms with Crippen molar-refractivity contribution < 1.29 is 14.0 Å². The van der Waals surface area contributed by atoms with E-state index in [1.165, 1.54) is 30.4 Å². The van der Waals surface area contributed by atoms with E-state index in [0.29, 0.717) is 36.0 Å². The summed E-state index contributed by atoms with van der Waals surface area (Å²) in [5.74, 6) is -0.603. The van der Waals surface area contributed by atoms with Crippen LogP contribution in [0.3, 0.4) is 0 Å². The third-order valence-electron chi connectivity index (χ3n) is 4.54. The van der Waals surface area contributed by atoms with Crippen LogP contribution < -0.4 is 5.32 Å². The molecule has 0 saturated carbocycles. The molecule has 2 amide bonds. The average molecular weight is 399 g/mol. The van der Waals surface area contributed by atoms with Gasteiger partial charge < -0.3 is 10.2 Å². The molecule has 2 aromatic heterocycles. The van der Waals surface area contributed by atoms with E-state index in [0.717, 1.165) is 16.1 Å². The van der Waals surface area contributed by atoms with Gasteiger partial charge in [0.2, 0.25) is 5.91 Å². The first-order valence-corrected chi connectivity index (χ1v) is 9.58. The fourth-order valence-electron chi connectivity index (χ4n) is 3.16. The minimum absolute atomic E-state index is 0.122. The molecule has 0 radical (unpaired) electrons. The molecule has 7 nitrogen and oxygen atoms in total. The zero-order chi connectivity index (χ0) is 19.8. The summed E-state index contributed by atoms with van der Waals surface area (Å²) in [7, 11) is 1.72. The average Bonchev–Trinajstić information content (AvgIpc) is 3.23. The molecule has 0 aliphatic carbocycles. The summed E-state index contributed by atoms with van der Waals surface area (Å²) in [6.07, 6.45) is 0.639. The third-order valence-corrected chi connectivity index (χ3v) is 5.54. The molecule has 0 bridgehead atoms. The van der Waals surface area contributed by atoms with Crippen molar-refractivity contribution in [1.82, 2.24) is 19.7 Å². The number of carbonyl (C=O) groups excluding carboxylic acids is 2. The van der Waals surface area contributed by atoms with E-state index in [4.69, 9.17) is 0 Å². The van der Waals surface area contributed by atoms with Crippen LogP contribution in [0, 0.1) is 5.82 Å². The van der Waals surface area contributed by atoms with Crippen LogP contribution in [0.5, 0.6) is 0 Å². The Morgan fingerprint density at radius 3 is 2.71 bits per heavy atom. The van der Waals surface area contributed by atoms with Crippen LogP contribution in [0.25, 0.3) is 11.3 Å². The van der Waals surface area contributed by atoms with Crippen molar-refractivity contribution in [2.45, 2.75) is 19.9 Å². The van der Waals surface area contributed by atoms with Crippen LogP contribution >= 0.6 is 11.3 Å². The topological polar surface area (TPSA) is 80.1 Å². The molecule has 0 unspecified atom stereocenters. The van der Waals surface area contributed by atoms with Gasteiger partial charge in [-0.1, -0.05) is 11.3 Å². The Balaban J connectivity index is 1.54. The molecule has 0 saturated heterocycles. The first-order valence-electron chi connectivity index (χ1n) is 8.76. The summed E-state index contributed by atoms with van der Waals surface area (Å²) in [6, 6.07) is 7.74. The predicted molar refractivity (Wildman–Crippen MR) is 103 cm³/mol. The highest BCUT2D eigenvalue weighted by Crippen LogP contribution is 2.29. The number of benzene rings is 1. The molecule has 0 spiro atoms. The summed E-state index contributed by atoms with van der Waals surface area (Å²) >= 11 is 1.39. The molecule has 9 heteroatoms. The van der Waals surface area contributed by atoms with Gasteiger partial charge in [-0.05, 0) is 30.3 Å². The maximum absolute atomic E-state index is 13.1. The van der Waals surface area contributed by atoms with E-state index in [1.54, 1.807) is 34.8 Å². The van der Waals surface area contributed by atoms with Gasteiger partial charge in [-0.2, -0.15) is 5.10 Å². The predicted octanol–water partition coefficient (Wildman–Crippen LogP) is 2.84.